The second-order valence-corrected chi connectivity index (χ2v) is 52.3. The van der Waals surface area contributed by atoms with E-state index in [1.165, 1.54) is 235 Å². The summed E-state index contributed by atoms with van der Waals surface area (Å²) in [7, 11) is 6.46. The van der Waals surface area contributed by atoms with Crippen molar-refractivity contribution in [1.82, 2.24) is 28.7 Å². The van der Waals surface area contributed by atoms with Crippen LogP contribution < -0.4 is 29.4 Å². The predicted molar refractivity (Wildman–Crippen MR) is 586 cm³/mol. The van der Waals surface area contributed by atoms with Gasteiger partial charge in [-0.1, -0.05) is 197 Å². The number of hydrogen-bond acceptors (Lipinski definition) is 12. The Labute approximate surface area is 850 Å². The lowest BCUT2D eigenvalue weighted by Crippen LogP contribution is -2.62. The SMILES string of the molecule is Cc1cccc2c1N1C(C)c3sccc3C1(C)C(C)(C)C2(C)C.Cc1cccc2c1N1C(C)c3sccc3C1(C)C(C)(C)C2(C)C.Cc1ccccc1N1C(C)c2c(ncn2C)C12C1CC3CC(C1)CC2C3.Cc1ccccc1N1C(C)c2c(ncn2C)C12CCCC2.Cc1ccccc1N1C(C)c2c(ncn2C)C12CCCCC2.Cc1ccccc1N1C(C)c2sccc2C12C1CC3CC(C1)CC2C3. The maximum atomic E-state index is 5.07. The Morgan fingerprint density at radius 1 is 0.279 bits per heavy atom. The standard InChI is InChI=1S/C23H29N3.C23H27NS.2C21H27NS.C19H25N3.C18H23N3/c1-14-6-4-5-7-20(14)26-15(2)21-22(24-13-25(21)3)23(26)18-9-16-8-17(11-18)12-19(23)10-16;1-14-5-3-4-6-21(14)24-15(2)22-20(7-8-25-22)23(24)18-10-16-9-17(12-18)13-19(23)11-16;2*1-13-9-8-10-15-17(13)22-14(2)18-16(11-12-23-18)21(22,7)20(5,6)19(15,3)4;1-14-9-5-6-10-16(14)22-15(2)17-18(20-13-21(17)3)19(22)11-7-4-8-12-19;1-13-8-4-5-9-15(13)21-14(2)16-17(19-12-20(16)3)18(21)10-6-7-11-18/h4-7,13,15-19H,8-12H2,1-3H3;3-8,15-19H,9-13H2,1-2H3;2*8-12,14H,1-7H3;5-6,9-10,13,15H,4,7-8,11-12H2,1-3H3;4-5,8-9,12,14H,6-7,10-11H2,1-3H3. The van der Waals surface area contributed by atoms with Crippen LogP contribution in [0.5, 0.6) is 0 Å². The van der Waals surface area contributed by atoms with Gasteiger partial charge in [0, 0.05) is 80.7 Å². The van der Waals surface area contributed by atoms with Gasteiger partial charge in [-0.3, -0.25) is 0 Å². The molecule has 8 bridgehead atoms. The zero-order valence-electron chi connectivity index (χ0n) is 89.0. The Hall–Kier alpha value is -9.15. The Kier molecular flexibility index (Phi) is 22.6. The van der Waals surface area contributed by atoms with Gasteiger partial charge in [-0.25, -0.2) is 15.0 Å². The van der Waals surface area contributed by atoms with E-state index in [-0.39, 0.29) is 54.9 Å². The first-order valence-corrected chi connectivity index (χ1v) is 57.0. The molecule has 6 aromatic carbocycles. The number of fused-ring (bicyclic) bond motifs is 16. The lowest BCUT2D eigenvalue weighted by atomic mass is 9.47. The fourth-order valence-electron chi connectivity index (χ4n) is 35.0. The van der Waals surface area contributed by atoms with Crippen LogP contribution in [0, 0.1) is 99.7 Å². The summed E-state index contributed by atoms with van der Waals surface area (Å²) in [6, 6.07) is 59.3. The van der Waals surface area contributed by atoms with Gasteiger partial charge in [-0.15, -0.1) is 34.0 Å². The predicted octanol–water partition coefficient (Wildman–Crippen LogP) is 32.1. The molecule has 12 aromatic rings. The molecule has 30 rings (SSSR count). The van der Waals surface area contributed by atoms with Crippen molar-refractivity contribution < 1.29 is 0 Å². The molecule has 0 radical (unpaired) electrons. The third-order valence-electron chi connectivity index (χ3n) is 42.3. The lowest BCUT2D eigenvalue weighted by Gasteiger charge is -2.64. The van der Waals surface area contributed by atoms with Gasteiger partial charge in [0.1, 0.15) is 0 Å². The van der Waals surface area contributed by atoms with Crippen molar-refractivity contribution in [2.45, 2.75) is 355 Å². The van der Waals surface area contributed by atoms with Gasteiger partial charge in [-0.05, 0) is 365 Å². The molecule has 140 heavy (non-hydrogen) atoms. The van der Waals surface area contributed by atoms with Gasteiger partial charge >= 0.3 is 0 Å². The molecule has 15 heteroatoms. The summed E-state index contributed by atoms with van der Waals surface area (Å²) in [5, 5.41) is 6.92. The van der Waals surface area contributed by atoms with Crippen LogP contribution in [0.4, 0.5) is 34.1 Å². The van der Waals surface area contributed by atoms with E-state index in [0.29, 0.717) is 36.3 Å². The topological polar surface area (TPSA) is 72.9 Å². The molecule has 10 aliphatic carbocycles. The summed E-state index contributed by atoms with van der Waals surface area (Å²) in [6.45, 7) is 52.4. The fourth-order valence-corrected chi connectivity index (χ4v) is 38.1. The number of para-hydroxylation sites is 6. The first-order chi connectivity index (χ1) is 66.9. The van der Waals surface area contributed by atoms with Gasteiger partial charge < -0.3 is 43.1 Å². The summed E-state index contributed by atoms with van der Waals surface area (Å²) in [5.74, 6) is 7.27. The highest BCUT2D eigenvalue weighted by Crippen LogP contribution is 2.75. The van der Waals surface area contributed by atoms with E-state index in [4.69, 9.17) is 15.0 Å². The molecule has 0 amide bonds. The molecular formula is C125H158N12S3. The van der Waals surface area contributed by atoms with Crippen LogP contribution in [0.25, 0.3) is 0 Å². The summed E-state index contributed by atoms with van der Waals surface area (Å²) in [5.41, 5.74) is 34.4. The summed E-state index contributed by atoms with van der Waals surface area (Å²) >= 11 is 5.85. The molecule has 0 N–H and O–H groups in total. The minimum atomic E-state index is 0.0321. The molecular weight excluding hydrogens is 1770 g/mol. The zero-order valence-corrected chi connectivity index (χ0v) is 91.5. The fraction of sp³-hybridized carbons (Fsp3) is 0.544. The second-order valence-electron chi connectivity index (χ2n) is 49.5. The van der Waals surface area contributed by atoms with Crippen molar-refractivity contribution in [2.24, 2.45) is 79.3 Å². The quantitative estimate of drug-likeness (QED) is 0.171. The molecule has 12 nitrogen and oxygen atoms in total. The number of aromatic nitrogens is 6. The van der Waals surface area contributed by atoms with E-state index in [1.807, 2.05) is 46.7 Å². The number of rotatable bonds is 4. The van der Waals surface area contributed by atoms with E-state index >= 15 is 0 Å². The van der Waals surface area contributed by atoms with Gasteiger partial charge in [0.2, 0.25) is 0 Å². The number of benzene rings is 6. The number of thiophene rings is 3. The van der Waals surface area contributed by atoms with Gasteiger partial charge in [-0.2, -0.15) is 0 Å². The number of hydrogen-bond donors (Lipinski definition) is 0. The maximum absolute atomic E-state index is 5.07. The van der Waals surface area contributed by atoms with E-state index in [0.717, 1.165) is 47.3 Å². The Balaban J connectivity index is 0.0000000939. The van der Waals surface area contributed by atoms with Crippen LogP contribution in [0.15, 0.2) is 187 Å². The first-order valence-electron chi connectivity index (χ1n) is 54.4. The third kappa shape index (κ3) is 12.7. The number of imidazole rings is 3. The molecule has 0 saturated heterocycles. The van der Waals surface area contributed by atoms with E-state index in [1.54, 1.807) is 31.3 Å². The summed E-state index contributed by atoms with van der Waals surface area (Å²) in [4.78, 5) is 36.0. The molecule has 4 spiro atoms. The number of aryl methyl sites for hydroxylation is 9. The monoisotopic (exact) mass is 1920 g/mol. The van der Waals surface area contributed by atoms with Crippen molar-refractivity contribution >= 4 is 68.1 Å². The van der Waals surface area contributed by atoms with E-state index in [2.05, 4.69) is 391 Å². The normalized spacial score (nSPS) is 31.6. The Morgan fingerprint density at radius 2 is 0.564 bits per heavy atom. The number of nitrogens with zero attached hydrogens (tertiary/aromatic N) is 12. The zero-order chi connectivity index (χ0) is 97.9. The molecule has 736 valence electrons. The molecule has 6 aromatic heterocycles. The van der Waals surface area contributed by atoms with Crippen molar-refractivity contribution in [1.29, 1.82) is 0 Å². The maximum Gasteiger partial charge on any atom is 0.0950 e. The average molecular weight is 1920 g/mol. The smallest absolute Gasteiger partial charge is 0.0950 e. The van der Waals surface area contributed by atoms with Crippen LogP contribution in [0.2, 0.25) is 0 Å². The molecule has 18 aliphatic rings. The van der Waals surface area contributed by atoms with Gasteiger partial charge in [0.25, 0.3) is 0 Å². The third-order valence-corrected chi connectivity index (χ3v) is 45.6. The van der Waals surface area contributed by atoms with Crippen molar-refractivity contribution in [3.63, 3.8) is 0 Å². The average Bonchev–Trinajstić information content (AvgIpc) is 1.51. The Morgan fingerprint density at radius 3 is 0.929 bits per heavy atom. The first kappa shape index (κ1) is 94.4. The molecule has 8 unspecified atom stereocenters. The molecule has 14 heterocycles. The van der Waals surface area contributed by atoms with Crippen LogP contribution >= 0.6 is 34.0 Å². The molecule has 8 aliphatic heterocycles. The van der Waals surface area contributed by atoms with Gasteiger partial charge in [0.05, 0.1) is 123 Å². The largest absolute Gasteiger partial charge is 0.353 e. The van der Waals surface area contributed by atoms with E-state index < -0.39 is 0 Å². The Bertz CT molecular complexity index is 6560. The summed E-state index contributed by atoms with van der Waals surface area (Å²) in [6.07, 6.45) is 32.2. The highest BCUT2D eigenvalue weighted by atomic mass is 32.1. The van der Waals surface area contributed by atoms with Crippen molar-refractivity contribution in [3.05, 3.63) is 297 Å². The summed E-state index contributed by atoms with van der Waals surface area (Å²) < 4.78 is 6.75. The molecule has 10 fully saturated rings. The minimum Gasteiger partial charge on any atom is -0.353 e. The molecule has 10 saturated carbocycles. The van der Waals surface area contributed by atoms with E-state index in [9.17, 15) is 0 Å². The van der Waals surface area contributed by atoms with Crippen molar-refractivity contribution in [3.8, 4) is 0 Å². The van der Waals surface area contributed by atoms with Gasteiger partial charge in [0.15, 0.2) is 0 Å². The van der Waals surface area contributed by atoms with Crippen LogP contribution in [0.3, 0.4) is 0 Å². The van der Waals surface area contributed by atoms with Crippen LogP contribution in [-0.4, -0.2) is 28.7 Å². The minimum absolute atomic E-state index is 0.0321. The lowest BCUT2D eigenvalue weighted by molar-refractivity contribution is -0.0618. The highest BCUT2D eigenvalue weighted by Gasteiger charge is 2.71. The number of anilines is 6. The van der Waals surface area contributed by atoms with Crippen LogP contribution in [-0.2, 0) is 65.2 Å². The second kappa shape index (κ2) is 33.5. The highest BCUT2D eigenvalue weighted by molar-refractivity contribution is 7.11. The van der Waals surface area contributed by atoms with Crippen molar-refractivity contribution in [2.75, 3.05) is 29.4 Å². The molecule has 8 atom stereocenters. The van der Waals surface area contributed by atoms with Crippen LogP contribution in [0.1, 0.15) is 379 Å².